The van der Waals surface area contributed by atoms with E-state index in [0.717, 1.165) is 5.56 Å². The van der Waals surface area contributed by atoms with Gasteiger partial charge >= 0.3 is 0 Å². The number of carbonyl (C=O) groups is 1. The van der Waals surface area contributed by atoms with Crippen LogP contribution >= 0.6 is 0 Å². The number of rotatable bonds is 3. The fraction of sp³-hybridized carbons (Fsp3) is 0.214. The molecule has 1 N–H and O–H groups in total. The van der Waals surface area contributed by atoms with Crippen LogP contribution in [0.25, 0.3) is 0 Å². The van der Waals surface area contributed by atoms with Crippen LogP contribution in [0.2, 0.25) is 0 Å². The number of hydrogen-bond acceptors (Lipinski definition) is 4. The molecule has 5 nitrogen and oxygen atoms in total. The van der Waals surface area contributed by atoms with Gasteiger partial charge in [0.2, 0.25) is 0 Å². The fourth-order valence-corrected chi connectivity index (χ4v) is 1.87. The van der Waals surface area contributed by atoms with Crippen molar-refractivity contribution in [2.24, 2.45) is 0 Å². The smallest absolute Gasteiger partial charge is 0.291 e. The molecule has 2 aromatic rings. The molecular formula is C14H13NO4. The van der Waals surface area contributed by atoms with Gasteiger partial charge < -0.3 is 19.2 Å². The Labute approximate surface area is 110 Å². The lowest BCUT2D eigenvalue weighted by molar-refractivity contribution is -0.0441. The van der Waals surface area contributed by atoms with Crippen LogP contribution in [0.15, 0.2) is 47.1 Å². The Morgan fingerprint density at radius 3 is 2.47 bits per heavy atom. The summed E-state index contributed by atoms with van der Waals surface area (Å²) in [7, 11) is 0. The molecule has 19 heavy (non-hydrogen) atoms. The average Bonchev–Trinajstić information content (AvgIpc) is 3.13. The zero-order chi connectivity index (χ0) is 13.1. The molecule has 0 saturated carbocycles. The number of anilines is 1. The van der Waals surface area contributed by atoms with E-state index in [1.165, 1.54) is 6.26 Å². The molecule has 0 bridgehead atoms. The molecule has 3 rings (SSSR count). The molecule has 0 atom stereocenters. The van der Waals surface area contributed by atoms with E-state index in [0.29, 0.717) is 18.9 Å². The van der Waals surface area contributed by atoms with Gasteiger partial charge in [0.1, 0.15) is 0 Å². The third kappa shape index (κ3) is 2.67. The van der Waals surface area contributed by atoms with Gasteiger partial charge in [-0.25, -0.2) is 0 Å². The summed E-state index contributed by atoms with van der Waals surface area (Å²) in [5.41, 5.74) is 1.64. The molecule has 1 amide bonds. The van der Waals surface area contributed by atoms with Gasteiger partial charge in [-0.05, 0) is 24.3 Å². The second-order valence-electron chi connectivity index (χ2n) is 4.13. The molecular weight excluding hydrogens is 246 g/mol. The first kappa shape index (κ1) is 12.0. The number of hydrogen-bond donors (Lipinski definition) is 1. The van der Waals surface area contributed by atoms with Crippen molar-refractivity contribution in [3.63, 3.8) is 0 Å². The number of ether oxygens (including phenoxy) is 2. The van der Waals surface area contributed by atoms with Crippen molar-refractivity contribution in [3.8, 4) is 0 Å². The largest absolute Gasteiger partial charge is 0.459 e. The Morgan fingerprint density at radius 1 is 1.11 bits per heavy atom. The maximum Gasteiger partial charge on any atom is 0.291 e. The number of amides is 1. The minimum atomic E-state index is -0.296. The lowest BCUT2D eigenvalue weighted by Gasteiger charge is -2.10. The molecule has 0 radical (unpaired) electrons. The van der Waals surface area contributed by atoms with Crippen molar-refractivity contribution < 1.29 is 18.7 Å². The van der Waals surface area contributed by atoms with Crippen molar-refractivity contribution in [1.29, 1.82) is 0 Å². The normalized spacial score (nSPS) is 15.6. The molecule has 0 aliphatic carbocycles. The molecule has 0 unspecified atom stereocenters. The minimum Gasteiger partial charge on any atom is -0.459 e. The highest BCUT2D eigenvalue weighted by atomic mass is 16.7. The van der Waals surface area contributed by atoms with E-state index in [4.69, 9.17) is 13.9 Å². The van der Waals surface area contributed by atoms with Gasteiger partial charge in [-0.1, -0.05) is 12.1 Å². The molecule has 1 aliphatic rings. The second kappa shape index (κ2) is 5.26. The zero-order valence-electron chi connectivity index (χ0n) is 10.2. The summed E-state index contributed by atoms with van der Waals surface area (Å²) in [4.78, 5) is 11.8. The van der Waals surface area contributed by atoms with E-state index in [-0.39, 0.29) is 18.0 Å². The summed E-state index contributed by atoms with van der Waals surface area (Å²) >= 11 is 0. The number of nitrogens with one attached hydrogen (secondary N) is 1. The monoisotopic (exact) mass is 259 g/mol. The Balaban J connectivity index is 1.67. The van der Waals surface area contributed by atoms with E-state index < -0.39 is 0 Å². The zero-order valence-corrected chi connectivity index (χ0v) is 10.2. The van der Waals surface area contributed by atoms with Crippen LogP contribution in [-0.4, -0.2) is 19.1 Å². The Hall–Kier alpha value is -2.11. The van der Waals surface area contributed by atoms with E-state index in [1.54, 1.807) is 24.3 Å². The predicted octanol–water partition coefficient (Wildman–Crippen LogP) is 2.58. The van der Waals surface area contributed by atoms with Crippen molar-refractivity contribution in [2.75, 3.05) is 18.5 Å². The molecule has 1 aliphatic heterocycles. The van der Waals surface area contributed by atoms with Gasteiger partial charge in [-0.2, -0.15) is 0 Å². The van der Waals surface area contributed by atoms with Gasteiger partial charge in [0.25, 0.3) is 5.91 Å². The highest BCUT2D eigenvalue weighted by Gasteiger charge is 2.18. The molecule has 5 heteroatoms. The van der Waals surface area contributed by atoms with Crippen LogP contribution in [0.1, 0.15) is 22.4 Å². The predicted molar refractivity (Wildman–Crippen MR) is 67.7 cm³/mol. The van der Waals surface area contributed by atoms with E-state index in [2.05, 4.69) is 5.32 Å². The highest BCUT2D eigenvalue weighted by molar-refractivity contribution is 6.02. The standard InChI is InChI=1S/C14H13NO4/c16-13(12-2-1-7-17-12)15-11-5-3-10(4-6-11)14-18-8-9-19-14/h1-7,14H,8-9H2,(H,15,16). The van der Waals surface area contributed by atoms with E-state index in [9.17, 15) is 4.79 Å². The molecule has 2 heterocycles. The first-order chi connectivity index (χ1) is 9.33. The lowest BCUT2D eigenvalue weighted by Crippen LogP contribution is -2.10. The maximum atomic E-state index is 11.8. The van der Waals surface area contributed by atoms with Crippen molar-refractivity contribution in [3.05, 3.63) is 54.0 Å². The van der Waals surface area contributed by atoms with Crippen LogP contribution in [0.4, 0.5) is 5.69 Å². The van der Waals surface area contributed by atoms with Crippen LogP contribution < -0.4 is 5.32 Å². The van der Waals surface area contributed by atoms with Crippen molar-refractivity contribution >= 4 is 11.6 Å². The van der Waals surface area contributed by atoms with E-state index in [1.807, 2.05) is 12.1 Å². The number of carbonyl (C=O) groups excluding carboxylic acids is 1. The molecule has 0 spiro atoms. The van der Waals surface area contributed by atoms with Crippen LogP contribution in [-0.2, 0) is 9.47 Å². The molecule has 98 valence electrons. The third-order valence-corrected chi connectivity index (χ3v) is 2.81. The van der Waals surface area contributed by atoms with Crippen molar-refractivity contribution in [1.82, 2.24) is 0 Å². The van der Waals surface area contributed by atoms with Crippen molar-refractivity contribution in [2.45, 2.75) is 6.29 Å². The minimum absolute atomic E-state index is 0.272. The van der Waals surface area contributed by atoms with Crippen LogP contribution in [0.3, 0.4) is 0 Å². The van der Waals surface area contributed by atoms with Gasteiger partial charge in [-0.3, -0.25) is 4.79 Å². The maximum absolute atomic E-state index is 11.8. The summed E-state index contributed by atoms with van der Waals surface area (Å²) in [5, 5.41) is 2.75. The molecule has 1 saturated heterocycles. The van der Waals surface area contributed by atoms with Crippen LogP contribution in [0, 0.1) is 0 Å². The first-order valence-corrected chi connectivity index (χ1v) is 6.01. The third-order valence-electron chi connectivity index (χ3n) is 2.81. The Morgan fingerprint density at radius 2 is 1.84 bits per heavy atom. The summed E-state index contributed by atoms with van der Waals surface area (Å²) < 4.78 is 15.8. The van der Waals surface area contributed by atoms with Gasteiger partial charge in [0, 0.05) is 11.3 Å². The SMILES string of the molecule is O=C(Nc1ccc(C2OCCO2)cc1)c1ccco1. The average molecular weight is 259 g/mol. The quantitative estimate of drug-likeness (QED) is 0.920. The number of furan rings is 1. The summed E-state index contributed by atoms with van der Waals surface area (Å²) in [6.45, 7) is 1.23. The highest BCUT2D eigenvalue weighted by Crippen LogP contribution is 2.24. The Bertz CT molecular complexity index is 541. The second-order valence-corrected chi connectivity index (χ2v) is 4.13. The molecule has 1 fully saturated rings. The summed E-state index contributed by atoms with van der Waals surface area (Å²) in [6.07, 6.45) is 1.17. The van der Waals surface area contributed by atoms with Crippen LogP contribution in [0.5, 0.6) is 0 Å². The molecule has 1 aromatic carbocycles. The lowest BCUT2D eigenvalue weighted by atomic mass is 10.2. The summed E-state index contributed by atoms with van der Waals surface area (Å²) in [5.74, 6) is 0.0117. The Kier molecular flexibility index (Phi) is 3.31. The fourth-order valence-electron chi connectivity index (χ4n) is 1.87. The van der Waals surface area contributed by atoms with E-state index >= 15 is 0 Å². The topological polar surface area (TPSA) is 60.7 Å². The van der Waals surface area contributed by atoms with Gasteiger partial charge in [0.05, 0.1) is 19.5 Å². The van der Waals surface area contributed by atoms with Gasteiger partial charge in [0.15, 0.2) is 12.1 Å². The van der Waals surface area contributed by atoms with Gasteiger partial charge in [-0.15, -0.1) is 0 Å². The molecule has 1 aromatic heterocycles. The summed E-state index contributed by atoms with van der Waals surface area (Å²) in [6, 6.07) is 10.6. The number of benzene rings is 1. The first-order valence-electron chi connectivity index (χ1n) is 6.01.